The number of nitrogens with one attached hydrogen (secondary N) is 1. The highest BCUT2D eigenvalue weighted by Crippen LogP contribution is 2.23. The van der Waals surface area contributed by atoms with E-state index >= 15 is 0 Å². The SMILES string of the molecule is COCCCC(N)C(=O)NCc1cc(OC)ccc1OC. The summed E-state index contributed by atoms with van der Waals surface area (Å²) >= 11 is 0. The molecule has 0 bridgehead atoms. The molecule has 21 heavy (non-hydrogen) atoms. The van der Waals surface area contributed by atoms with Crippen LogP contribution in [-0.2, 0) is 16.1 Å². The highest BCUT2D eigenvalue weighted by molar-refractivity contribution is 5.81. The van der Waals surface area contributed by atoms with Crippen molar-refractivity contribution >= 4 is 5.91 Å². The minimum absolute atomic E-state index is 0.184. The molecule has 0 heterocycles. The molecule has 0 radical (unpaired) electrons. The summed E-state index contributed by atoms with van der Waals surface area (Å²) in [5.41, 5.74) is 6.67. The van der Waals surface area contributed by atoms with Crippen LogP contribution in [-0.4, -0.2) is 39.9 Å². The highest BCUT2D eigenvalue weighted by Gasteiger charge is 2.14. The van der Waals surface area contributed by atoms with Gasteiger partial charge in [-0.15, -0.1) is 0 Å². The number of amides is 1. The average Bonchev–Trinajstić information content (AvgIpc) is 2.52. The number of hydrogen-bond donors (Lipinski definition) is 2. The van der Waals surface area contributed by atoms with Gasteiger partial charge in [0.05, 0.1) is 20.3 Å². The summed E-state index contributed by atoms with van der Waals surface area (Å²) in [4.78, 5) is 11.9. The first kappa shape index (κ1) is 17.3. The Labute approximate surface area is 125 Å². The van der Waals surface area contributed by atoms with Gasteiger partial charge < -0.3 is 25.3 Å². The van der Waals surface area contributed by atoms with Gasteiger partial charge >= 0.3 is 0 Å². The predicted molar refractivity (Wildman–Crippen MR) is 80.5 cm³/mol. The Kier molecular flexibility index (Phi) is 7.56. The summed E-state index contributed by atoms with van der Waals surface area (Å²) in [6.07, 6.45) is 1.35. The summed E-state index contributed by atoms with van der Waals surface area (Å²) in [6, 6.07) is 4.91. The molecule has 118 valence electrons. The van der Waals surface area contributed by atoms with E-state index in [0.29, 0.717) is 31.1 Å². The Morgan fingerprint density at radius 3 is 2.67 bits per heavy atom. The quantitative estimate of drug-likeness (QED) is 0.666. The van der Waals surface area contributed by atoms with E-state index in [2.05, 4.69) is 5.32 Å². The van der Waals surface area contributed by atoms with Crippen molar-refractivity contribution in [3.8, 4) is 11.5 Å². The van der Waals surface area contributed by atoms with E-state index in [1.54, 1.807) is 33.5 Å². The molecule has 0 aliphatic carbocycles. The number of methoxy groups -OCH3 is 3. The molecule has 0 spiro atoms. The minimum Gasteiger partial charge on any atom is -0.497 e. The van der Waals surface area contributed by atoms with Crippen molar-refractivity contribution in [2.24, 2.45) is 5.73 Å². The smallest absolute Gasteiger partial charge is 0.237 e. The first-order chi connectivity index (χ1) is 10.1. The maximum absolute atomic E-state index is 11.9. The molecule has 1 unspecified atom stereocenters. The third kappa shape index (κ3) is 5.61. The molecule has 0 fully saturated rings. The summed E-state index contributed by atoms with van der Waals surface area (Å²) in [5.74, 6) is 1.23. The van der Waals surface area contributed by atoms with E-state index in [4.69, 9.17) is 19.9 Å². The first-order valence-electron chi connectivity index (χ1n) is 6.85. The number of benzene rings is 1. The fraction of sp³-hybridized carbons (Fsp3) is 0.533. The zero-order valence-electron chi connectivity index (χ0n) is 12.8. The third-order valence-electron chi connectivity index (χ3n) is 3.14. The van der Waals surface area contributed by atoms with Crippen LogP contribution in [0.4, 0.5) is 0 Å². The number of carbonyl (C=O) groups is 1. The molecular weight excluding hydrogens is 272 g/mol. The van der Waals surface area contributed by atoms with E-state index in [-0.39, 0.29) is 5.91 Å². The number of carbonyl (C=O) groups excluding carboxylic acids is 1. The lowest BCUT2D eigenvalue weighted by Gasteiger charge is -2.14. The van der Waals surface area contributed by atoms with Gasteiger partial charge in [-0.1, -0.05) is 0 Å². The predicted octanol–water partition coefficient (Wildman–Crippen LogP) is 1.07. The molecule has 0 aliphatic heterocycles. The van der Waals surface area contributed by atoms with E-state index in [9.17, 15) is 4.79 Å². The van der Waals surface area contributed by atoms with Gasteiger partial charge in [-0.2, -0.15) is 0 Å². The number of ether oxygens (including phenoxy) is 3. The van der Waals surface area contributed by atoms with Gasteiger partial charge in [-0.3, -0.25) is 4.79 Å². The van der Waals surface area contributed by atoms with Crippen LogP contribution in [0, 0.1) is 0 Å². The number of nitrogens with two attached hydrogens (primary N) is 1. The molecule has 1 aromatic rings. The molecule has 0 saturated carbocycles. The summed E-state index contributed by atoms with van der Waals surface area (Å²) in [6.45, 7) is 0.946. The fourth-order valence-electron chi connectivity index (χ4n) is 1.91. The Morgan fingerprint density at radius 2 is 2.05 bits per heavy atom. The van der Waals surface area contributed by atoms with Gasteiger partial charge in [-0.05, 0) is 31.0 Å². The van der Waals surface area contributed by atoms with Gasteiger partial charge in [0.15, 0.2) is 0 Å². The van der Waals surface area contributed by atoms with Gasteiger partial charge in [0.1, 0.15) is 11.5 Å². The normalized spacial score (nSPS) is 11.8. The second kappa shape index (κ2) is 9.20. The van der Waals surface area contributed by atoms with Crippen molar-refractivity contribution in [2.45, 2.75) is 25.4 Å². The molecular formula is C15H24N2O4. The molecule has 1 rings (SSSR count). The van der Waals surface area contributed by atoms with E-state index in [0.717, 1.165) is 12.0 Å². The Hall–Kier alpha value is -1.79. The standard InChI is InChI=1S/C15H24N2O4/c1-19-8-4-5-13(16)15(18)17-10-11-9-12(20-2)6-7-14(11)21-3/h6-7,9,13H,4-5,8,10,16H2,1-3H3,(H,17,18). The maximum atomic E-state index is 11.9. The monoisotopic (exact) mass is 296 g/mol. The van der Waals surface area contributed by atoms with Gasteiger partial charge in [0, 0.05) is 25.8 Å². The van der Waals surface area contributed by atoms with Crippen molar-refractivity contribution in [1.82, 2.24) is 5.32 Å². The fourth-order valence-corrected chi connectivity index (χ4v) is 1.91. The van der Waals surface area contributed by atoms with Crippen LogP contribution >= 0.6 is 0 Å². The molecule has 0 saturated heterocycles. The zero-order valence-corrected chi connectivity index (χ0v) is 12.8. The van der Waals surface area contributed by atoms with Crippen molar-refractivity contribution < 1.29 is 19.0 Å². The van der Waals surface area contributed by atoms with Gasteiger partial charge in [0.2, 0.25) is 5.91 Å². The topological polar surface area (TPSA) is 82.8 Å². The molecule has 1 atom stereocenters. The largest absolute Gasteiger partial charge is 0.497 e. The maximum Gasteiger partial charge on any atom is 0.237 e. The van der Waals surface area contributed by atoms with Crippen molar-refractivity contribution in [2.75, 3.05) is 27.9 Å². The molecule has 1 amide bonds. The van der Waals surface area contributed by atoms with Crippen LogP contribution < -0.4 is 20.5 Å². The molecule has 0 aromatic heterocycles. The highest BCUT2D eigenvalue weighted by atomic mass is 16.5. The van der Waals surface area contributed by atoms with Crippen molar-refractivity contribution in [1.29, 1.82) is 0 Å². The van der Waals surface area contributed by atoms with E-state index < -0.39 is 6.04 Å². The average molecular weight is 296 g/mol. The second-order valence-electron chi connectivity index (χ2n) is 4.64. The van der Waals surface area contributed by atoms with Gasteiger partial charge in [-0.25, -0.2) is 0 Å². The van der Waals surface area contributed by atoms with Crippen LogP contribution in [0.1, 0.15) is 18.4 Å². The summed E-state index contributed by atoms with van der Waals surface area (Å²) < 4.78 is 15.4. The first-order valence-corrected chi connectivity index (χ1v) is 6.85. The van der Waals surface area contributed by atoms with Crippen LogP contribution in [0.25, 0.3) is 0 Å². The molecule has 6 heteroatoms. The Bertz CT molecular complexity index is 451. The number of hydrogen-bond acceptors (Lipinski definition) is 5. The van der Waals surface area contributed by atoms with Crippen molar-refractivity contribution in [3.63, 3.8) is 0 Å². The van der Waals surface area contributed by atoms with Crippen LogP contribution in [0.15, 0.2) is 18.2 Å². The van der Waals surface area contributed by atoms with E-state index in [1.807, 2.05) is 6.07 Å². The molecule has 6 nitrogen and oxygen atoms in total. The Morgan fingerprint density at radius 1 is 1.29 bits per heavy atom. The lowest BCUT2D eigenvalue weighted by molar-refractivity contribution is -0.122. The van der Waals surface area contributed by atoms with Crippen LogP contribution in [0.3, 0.4) is 0 Å². The van der Waals surface area contributed by atoms with E-state index in [1.165, 1.54) is 0 Å². The lowest BCUT2D eigenvalue weighted by atomic mass is 10.1. The molecule has 0 aliphatic rings. The third-order valence-corrected chi connectivity index (χ3v) is 3.14. The number of rotatable bonds is 9. The zero-order chi connectivity index (χ0) is 15.7. The summed E-state index contributed by atoms with van der Waals surface area (Å²) in [7, 11) is 4.81. The van der Waals surface area contributed by atoms with Crippen LogP contribution in [0.2, 0.25) is 0 Å². The van der Waals surface area contributed by atoms with Gasteiger partial charge in [0.25, 0.3) is 0 Å². The van der Waals surface area contributed by atoms with Crippen molar-refractivity contribution in [3.05, 3.63) is 23.8 Å². The minimum atomic E-state index is -0.531. The molecule has 3 N–H and O–H groups in total. The molecule has 1 aromatic carbocycles. The second-order valence-corrected chi connectivity index (χ2v) is 4.64. The summed E-state index contributed by atoms with van der Waals surface area (Å²) in [5, 5.41) is 2.81. The lowest BCUT2D eigenvalue weighted by Crippen LogP contribution is -2.40. The van der Waals surface area contributed by atoms with Crippen LogP contribution in [0.5, 0.6) is 11.5 Å². The Balaban J connectivity index is 2.55.